The summed E-state index contributed by atoms with van der Waals surface area (Å²) in [6, 6.07) is 0. The Kier molecular flexibility index (Phi) is 2.58. The third-order valence-electron chi connectivity index (χ3n) is 3.15. The number of alkyl halides is 4. The number of aromatic amines is 1. The van der Waals surface area contributed by atoms with Gasteiger partial charge in [-0.25, -0.2) is 13.2 Å². The first-order valence-corrected chi connectivity index (χ1v) is 5.56. The summed E-state index contributed by atoms with van der Waals surface area (Å²) >= 11 is 9.84. The highest BCUT2D eigenvalue weighted by atomic mass is 35.5. The topological polar surface area (TPSA) is 76.7 Å². The summed E-state index contributed by atoms with van der Waals surface area (Å²) in [6.45, 7) is 1.08. The molecule has 1 aromatic rings. The van der Waals surface area contributed by atoms with Crippen LogP contribution in [0.1, 0.15) is 19.0 Å². The molecular weight excluding hydrogens is 293 g/mol. The number of hydrogen-bond acceptors (Lipinski definition) is 4. The zero-order valence-electron chi connectivity index (χ0n) is 9.01. The molecule has 1 aliphatic rings. The van der Waals surface area contributed by atoms with Crippen LogP contribution in [0.3, 0.4) is 0 Å². The fraction of sp³-hybridized carbons (Fsp3) is 0.625. The fourth-order valence-electron chi connectivity index (χ4n) is 1.97. The number of nitrogens with one attached hydrogen (secondary N) is 1. The lowest BCUT2D eigenvalue weighted by Crippen LogP contribution is -2.69. The standard InChI is InChI=1S/C8H8ClF3N4OS/c1-6(2-7(10,11)8(6,9)12)3-4(17)16(13)5(18)15-14-3/h2,13H2,1H3,(H,15,18). The Bertz CT molecular complexity index is 628. The molecule has 1 heterocycles. The van der Waals surface area contributed by atoms with Crippen LogP contribution < -0.4 is 11.4 Å². The molecule has 0 amide bonds. The van der Waals surface area contributed by atoms with Crippen LogP contribution in [0.25, 0.3) is 0 Å². The molecule has 2 atom stereocenters. The molecule has 1 aliphatic carbocycles. The van der Waals surface area contributed by atoms with Gasteiger partial charge >= 0.3 is 0 Å². The predicted molar refractivity (Wildman–Crippen MR) is 60.4 cm³/mol. The summed E-state index contributed by atoms with van der Waals surface area (Å²) in [5, 5.41) is 2.28. The van der Waals surface area contributed by atoms with Gasteiger partial charge in [0.25, 0.3) is 16.6 Å². The SMILES string of the molecule is CC1(c2n[nH]c(=S)n(N)c2=O)CC(F)(F)C1(F)Cl. The number of nitrogens with two attached hydrogens (primary N) is 1. The highest BCUT2D eigenvalue weighted by Crippen LogP contribution is 2.64. The number of H-pyrrole nitrogens is 1. The molecule has 18 heavy (non-hydrogen) atoms. The van der Waals surface area contributed by atoms with Crippen LogP contribution in [0.4, 0.5) is 13.2 Å². The summed E-state index contributed by atoms with van der Waals surface area (Å²) in [4.78, 5) is 11.7. The van der Waals surface area contributed by atoms with Crippen LogP contribution in [0.15, 0.2) is 4.79 Å². The number of nitrogens with zero attached hydrogens (tertiary/aromatic N) is 2. The van der Waals surface area contributed by atoms with E-state index in [1.54, 1.807) is 0 Å². The number of aromatic nitrogens is 3. The number of halogens is 4. The highest BCUT2D eigenvalue weighted by Gasteiger charge is 2.78. The second-order valence-electron chi connectivity index (χ2n) is 4.34. The van der Waals surface area contributed by atoms with Gasteiger partial charge in [-0.05, 0) is 19.1 Å². The quantitative estimate of drug-likeness (QED) is 0.464. The monoisotopic (exact) mass is 300 g/mol. The maximum atomic E-state index is 13.9. The van der Waals surface area contributed by atoms with E-state index in [2.05, 4.69) is 22.4 Å². The van der Waals surface area contributed by atoms with Crippen molar-refractivity contribution < 1.29 is 13.2 Å². The lowest BCUT2D eigenvalue weighted by atomic mass is 9.63. The van der Waals surface area contributed by atoms with E-state index in [4.69, 9.17) is 17.4 Å². The van der Waals surface area contributed by atoms with E-state index >= 15 is 0 Å². The molecule has 5 nitrogen and oxygen atoms in total. The molecule has 10 heteroatoms. The molecular formula is C8H8ClF3N4OS. The van der Waals surface area contributed by atoms with Crippen LogP contribution in [0, 0.1) is 4.77 Å². The molecule has 2 unspecified atom stereocenters. The van der Waals surface area contributed by atoms with Gasteiger partial charge in [0, 0.05) is 6.42 Å². The molecule has 0 spiro atoms. The Morgan fingerprint density at radius 3 is 2.56 bits per heavy atom. The highest BCUT2D eigenvalue weighted by molar-refractivity contribution is 7.71. The Morgan fingerprint density at radius 1 is 1.56 bits per heavy atom. The lowest BCUT2D eigenvalue weighted by molar-refractivity contribution is -0.219. The van der Waals surface area contributed by atoms with Gasteiger partial charge in [0.05, 0.1) is 5.41 Å². The second kappa shape index (κ2) is 3.47. The molecule has 0 bridgehead atoms. The summed E-state index contributed by atoms with van der Waals surface area (Å²) in [5.41, 5.74) is -3.41. The van der Waals surface area contributed by atoms with Gasteiger partial charge < -0.3 is 5.84 Å². The van der Waals surface area contributed by atoms with Gasteiger partial charge in [-0.1, -0.05) is 11.6 Å². The first-order chi connectivity index (χ1) is 8.04. The summed E-state index contributed by atoms with van der Waals surface area (Å²) < 4.78 is 40.4. The minimum Gasteiger partial charge on any atom is -0.334 e. The fourth-order valence-corrected chi connectivity index (χ4v) is 2.32. The van der Waals surface area contributed by atoms with E-state index in [1.165, 1.54) is 0 Å². The molecule has 1 saturated carbocycles. The molecule has 3 N–H and O–H groups in total. The summed E-state index contributed by atoms with van der Waals surface area (Å²) in [7, 11) is 0. The van der Waals surface area contributed by atoms with Crippen molar-refractivity contribution in [3.05, 3.63) is 20.8 Å². The van der Waals surface area contributed by atoms with Gasteiger partial charge in [0.1, 0.15) is 5.69 Å². The molecule has 0 saturated heterocycles. The van der Waals surface area contributed by atoms with Crippen molar-refractivity contribution in [1.29, 1.82) is 0 Å². The molecule has 0 radical (unpaired) electrons. The van der Waals surface area contributed by atoms with Crippen LogP contribution in [0.5, 0.6) is 0 Å². The van der Waals surface area contributed by atoms with E-state index in [0.29, 0.717) is 4.68 Å². The number of hydrogen-bond donors (Lipinski definition) is 2. The first-order valence-electron chi connectivity index (χ1n) is 4.77. The third-order valence-corrected chi connectivity index (χ3v) is 4.14. The van der Waals surface area contributed by atoms with E-state index < -0.39 is 34.1 Å². The van der Waals surface area contributed by atoms with Gasteiger partial charge in [-0.15, -0.1) is 0 Å². The zero-order valence-corrected chi connectivity index (χ0v) is 10.6. The molecule has 100 valence electrons. The summed E-state index contributed by atoms with van der Waals surface area (Å²) in [5.74, 6) is 1.56. The van der Waals surface area contributed by atoms with Crippen molar-refractivity contribution in [3.63, 3.8) is 0 Å². The Balaban J connectivity index is 2.63. The van der Waals surface area contributed by atoms with Gasteiger partial charge in [-0.3, -0.25) is 9.89 Å². The van der Waals surface area contributed by atoms with Crippen LogP contribution in [0.2, 0.25) is 0 Å². The summed E-state index contributed by atoms with van der Waals surface area (Å²) in [6.07, 6.45) is -0.938. The van der Waals surface area contributed by atoms with Crippen molar-refractivity contribution in [3.8, 4) is 0 Å². The van der Waals surface area contributed by atoms with Crippen LogP contribution >= 0.6 is 23.8 Å². The second-order valence-corrected chi connectivity index (χ2v) is 5.25. The van der Waals surface area contributed by atoms with Gasteiger partial charge in [-0.2, -0.15) is 9.77 Å². The van der Waals surface area contributed by atoms with E-state index in [-0.39, 0.29) is 4.77 Å². The van der Waals surface area contributed by atoms with Gasteiger partial charge in [0.15, 0.2) is 0 Å². The Morgan fingerprint density at radius 2 is 2.11 bits per heavy atom. The zero-order chi connectivity index (χ0) is 13.9. The average molecular weight is 301 g/mol. The van der Waals surface area contributed by atoms with Crippen molar-refractivity contribution in [2.24, 2.45) is 0 Å². The minimum atomic E-state index is -3.73. The van der Waals surface area contributed by atoms with E-state index in [9.17, 15) is 18.0 Å². The van der Waals surface area contributed by atoms with E-state index in [1.807, 2.05) is 0 Å². The Hall–Kier alpha value is -1.09. The molecule has 1 aromatic heterocycles. The van der Waals surface area contributed by atoms with Crippen LogP contribution in [-0.4, -0.2) is 25.9 Å². The first kappa shape index (κ1) is 13.3. The third kappa shape index (κ3) is 1.37. The predicted octanol–water partition coefficient (Wildman–Crippen LogP) is 1.22. The smallest absolute Gasteiger partial charge is 0.297 e. The van der Waals surface area contributed by atoms with Crippen molar-refractivity contribution in [1.82, 2.24) is 14.9 Å². The molecule has 2 rings (SSSR count). The van der Waals surface area contributed by atoms with E-state index in [0.717, 1.165) is 6.92 Å². The Labute approximate surface area is 109 Å². The van der Waals surface area contributed by atoms with Crippen molar-refractivity contribution in [2.45, 2.75) is 29.8 Å². The lowest BCUT2D eigenvalue weighted by Gasteiger charge is -2.52. The number of nitrogen functional groups attached to an aromatic ring is 1. The number of rotatable bonds is 1. The van der Waals surface area contributed by atoms with Crippen LogP contribution in [-0.2, 0) is 5.41 Å². The van der Waals surface area contributed by atoms with Gasteiger partial charge in [0.2, 0.25) is 4.77 Å². The molecule has 0 aromatic carbocycles. The average Bonchev–Trinajstić information content (AvgIpc) is 2.24. The van der Waals surface area contributed by atoms with Crippen molar-refractivity contribution in [2.75, 3.05) is 5.84 Å². The molecule has 1 fully saturated rings. The molecule has 0 aliphatic heterocycles. The largest absolute Gasteiger partial charge is 0.334 e. The normalized spacial score (nSPS) is 34.1. The minimum absolute atomic E-state index is 0.211. The maximum absolute atomic E-state index is 13.9. The maximum Gasteiger partial charge on any atom is 0.297 e. The van der Waals surface area contributed by atoms with Crippen molar-refractivity contribution >= 4 is 23.8 Å².